The van der Waals surface area contributed by atoms with Gasteiger partial charge in [0.2, 0.25) is 0 Å². The molecule has 16 heavy (non-hydrogen) atoms. The summed E-state index contributed by atoms with van der Waals surface area (Å²) < 4.78 is 10.5. The first-order valence-corrected chi connectivity index (χ1v) is 5.89. The molecule has 0 spiro atoms. The first-order valence-electron chi connectivity index (χ1n) is 5.89. The van der Waals surface area contributed by atoms with Crippen molar-refractivity contribution in [2.75, 3.05) is 6.61 Å². The summed E-state index contributed by atoms with van der Waals surface area (Å²) in [5, 5.41) is 2.88. The molecule has 94 valence electrons. The van der Waals surface area contributed by atoms with Gasteiger partial charge < -0.3 is 14.8 Å². The van der Waals surface area contributed by atoms with Crippen molar-refractivity contribution >= 4 is 6.09 Å². The lowest BCUT2D eigenvalue weighted by molar-refractivity contribution is 0.0488. The maximum atomic E-state index is 11.6. The zero-order chi connectivity index (χ0) is 12.3. The van der Waals surface area contributed by atoms with Gasteiger partial charge >= 0.3 is 6.09 Å². The van der Waals surface area contributed by atoms with E-state index in [4.69, 9.17) is 9.47 Å². The first kappa shape index (κ1) is 13.3. The van der Waals surface area contributed by atoms with Crippen molar-refractivity contribution < 1.29 is 14.3 Å². The molecular weight excluding hydrogens is 206 g/mol. The molecule has 1 amide bonds. The third kappa shape index (κ3) is 5.35. The molecule has 1 fully saturated rings. The molecular formula is C12H23NO3. The van der Waals surface area contributed by atoms with Gasteiger partial charge in [-0.2, -0.15) is 0 Å². The van der Waals surface area contributed by atoms with E-state index in [1.54, 1.807) is 0 Å². The van der Waals surface area contributed by atoms with E-state index in [1.165, 1.54) is 0 Å². The van der Waals surface area contributed by atoms with Crippen LogP contribution in [0.25, 0.3) is 0 Å². The molecule has 0 aromatic rings. The molecule has 0 radical (unpaired) electrons. The van der Waals surface area contributed by atoms with Crippen molar-refractivity contribution in [1.29, 1.82) is 0 Å². The van der Waals surface area contributed by atoms with Crippen LogP contribution in [0.5, 0.6) is 0 Å². The number of alkyl carbamates (subject to hydrolysis) is 1. The molecule has 0 bridgehead atoms. The minimum absolute atomic E-state index is 0.0786. The second-order valence-corrected chi connectivity index (χ2v) is 5.75. The molecule has 1 unspecified atom stereocenters. The highest BCUT2D eigenvalue weighted by Gasteiger charge is 2.35. The van der Waals surface area contributed by atoms with E-state index in [9.17, 15) is 4.79 Å². The molecule has 0 aromatic carbocycles. The van der Waals surface area contributed by atoms with E-state index < -0.39 is 5.60 Å². The maximum absolute atomic E-state index is 11.6. The van der Waals surface area contributed by atoms with E-state index in [1.807, 2.05) is 20.8 Å². The predicted molar refractivity (Wildman–Crippen MR) is 62.4 cm³/mol. The molecule has 1 rings (SSSR count). The molecule has 0 aliphatic carbocycles. The molecule has 1 saturated heterocycles. The number of carbonyl (C=O) groups excluding carboxylic acids is 1. The monoisotopic (exact) mass is 229 g/mol. The van der Waals surface area contributed by atoms with Gasteiger partial charge in [0.05, 0.1) is 12.6 Å². The van der Waals surface area contributed by atoms with Gasteiger partial charge in [0.15, 0.2) is 0 Å². The Bertz CT molecular complexity index is 241. The summed E-state index contributed by atoms with van der Waals surface area (Å²) in [5.41, 5.74) is -0.448. The fourth-order valence-corrected chi connectivity index (χ4v) is 1.56. The van der Waals surface area contributed by atoms with Crippen molar-refractivity contribution in [3.63, 3.8) is 0 Å². The number of epoxide rings is 1. The van der Waals surface area contributed by atoms with Crippen LogP contribution in [0.1, 0.15) is 41.0 Å². The molecule has 0 aromatic heterocycles. The van der Waals surface area contributed by atoms with Crippen LogP contribution in [-0.4, -0.2) is 30.4 Å². The fourth-order valence-electron chi connectivity index (χ4n) is 1.56. The second kappa shape index (κ2) is 5.04. The van der Waals surface area contributed by atoms with E-state index in [-0.39, 0.29) is 18.2 Å². The normalized spacial score (nSPS) is 21.8. The predicted octanol–water partition coefficient (Wildman–Crippen LogP) is 2.32. The van der Waals surface area contributed by atoms with Crippen LogP contribution in [0, 0.1) is 5.92 Å². The van der Waals surface area contributed by atoms with Crippen LogP contribution in [0.4, 0.5) is 4.79 Å². The third-order valence-electron chi connectivity index (χ3n) is 2.24. The van der Waals surface area contributed by atoms with Gasteiger partial charge in [-0.1, -0.05) is 13.8 Å². The Morgan fingerprint density at radius 1 is 1.50 bits per heavy atom. The van der Waals surface area contributed by atoms with Gasteiger partial charge in [0.25, 0.3) is 0 Å². The first-order chi connectivity index (χ1) is 7.28. The van der Waals surface area contributed by atoms with Gasteiger partial charge in [-0.15, -0.1) is 0 Å². The fraction of sp³-hybridized carbons (Fsp3) is 0.917. The molecule has 1 aliphatic rings. The third-order valence-corrected chi connectivity index (χ3v) is 2.24. The maximum Gasteiger partial charge on any atom is 0.407 e. The van der Waals surface area contributed by atoms with E-state index in [0.717, 1.165) is 13.0 Å². The highest BCUT2D eigenvalue weighted by atomic mass is 16.6. The topological polar surface area (TPSA) is 50.9 Å². The molecule has 4 nitrogen and oxygen atoms in total. The Morgan fingerprint density at radius 2 is 2.06 bits per heavy atom. The lowest BCUT2D eigenvalue weighted by Crippen LogP contribution is -2.42. The summed E-state index contributed by atoms with van der Waals surface area (Å²) in [5.74, 6) is 0.532. The Morgan fingerprint density at radius 3 is 2.44 bits per heavy atom. The van der Waals surface area contributed by atoms with E-state index in [2.05, 4.69) is 19.2 Å². The largest absolute Gasteiger partial charge is 0.444 e. The minimum atomic E-state index is -0.448. The second-order valence-electron chi connectivity index (χ2n) is 5.75. The van der Waals surface area contributed by atoms with Crippen molar-refractivity contribution in [1.82, 2.24) is 5.32 Å². The van der Waals surface area contributed by atoms with Gasteiger partial charge in [-0.25, -0.2) is 4.79 Å². The summed E-state index contributed by atoms with van der Waals surface area (Å²) in [6.07, 6.45) is 0.743. The quantitative estimate of drug-likeness (QED) is 0.753. The van der Waals surface area contributed by atoms with Gasteiger partial charge in [0.1, 0.15) is 11.7 Å². The van der Waals surface area contributed by atoms with Crippen molar-refractivity contribution in [3.8, 4) is 0 Å². The summed E-state index contributed by atoms with van der Waals surface area (Å²) in [6, 6.07) is 0.0786. The molecule has 1 heterocycles. The molecule has 1 N–H and O–H groups in total. The van der Waals surface area contributed by atoms with Crippen molar-refractivity contribution in [3.05, 3.63) is 0 Å². The Hall–Kier alpha value is -0.770. The highest BCUT2D eigenvalue weighted by Crippen LogP contribution is 2.20. The van der Waals surface area contributed by atoms with Crippen LogP contribution < -0.4 is 5.32 Å². The molecule has 0 saturated carbocycles. The molecule has 2 atom stereocenters. The Labute approximate surface area is 97.7 Å². The van der Waals surface area contributed by atoms with Crippen LogP contribution in [0.2, 0.25) is 0 Å². The van der Waals surface area contributed by atoms with Crippen molar-refractivity contribution in [2.24, 2.45) is 5.92 Å². The molecule has 4 heteroatoms. The summed E-state index contributed by atoms with van der Waals surface area (Å²) in [7, 11) is 0. The van der Waals surface area contributed by atoms with Gasteiger partial charge in [-0.3, -0.25) is 0 Å². The highest BCUT2D eigenvalue weighted by molar-refractivity contribution is 5.68. The number of ether oxygens (including phenoxy) is 2. The Balaban J connectivity index is 2.39. The summed E-state index contributed by atoms with van der Waals surface area (Å²) in [6.45, 7) is 10.6. The standard InChI is InChI=1S/C12H23NO3/c1-8(2)6-9(10-7-15-10)13-11(14)16-12(3,4)5/h8-10H,6-7H2,1-5H3,(H,13,14)/t9-,10?/m1/s1. The van der Waals surface area contributed by atoms with Crippen molar-refractivity contribution in [2.45, 2.75) is 58.8 Å². The average Bonchev–Trinajstić information content (AvgIpc) is 2.78. The minimum Gasteiger partial charge on any atom is -0.444 e. The summed E-state index contributed by atoms with van der Waals surface area (Å²) in [4.78, 5) is 11.6. The molecule has 1 aliphatic heterocycles. The van der Waals surface area contributed by atoms with E-state index >= 15 is 0 Å². The number of nitrogens with one attached hydrogen (secondary N) is 1. The lowest BCUT2D eigenvalue weighted by Gasteiger charge is -2.23. The zero-order valence-electron chi connectivity index (χ0n) is 10.9. The van der Waals surface area contributed by atoms with Gasteiger partial charge in [0, 0.05) is 0 Å². The Kier molecular flexibility index (Phi) is 4.19. The summed E-state index contributed by atoms with van der Waals surface area (Å²) >= 11 is 0. The van der Waals surface area contributed by atoms with Gasteiger partial charge in [-0.05, 0) is 33.1 Å². The number of amides is 1. The number of carbonyl (C=O) groups is 1. The van der Waals surface area contributed by atoms with Crippen LogP contribution in [0.15, 0.2) is 0 Å². The number of hydrogen-bond donors (Lipinski definition) is 1. The zero-order valence-corrected chi connectivity index (χ0v) is 10.9. The lowest BCUT2D eigenvalue weighted by atomic mass is 10.0. The van der Waals surface area contributed by atoms with Crippen LogP contribution in [-0.2, 0) is 9.47 Å². The van der Waals surface area contributed by atoms with Crippen LogP contribution in [0.3, 0.4) is 0 Å². The van der Waals surface area contributed by atoms with Crippen LogP contribution >= 0.6 is 0 Å². The smallest absolute Gasteiger partial charge is 0.407 e. The SMILES string of the molecule is CC(C)C[C@@H](NC(=O)OC(C)(C)C)C1CO1. The average molecular weight is 229 g/mol. The number of hydrogen-bond acceptors (Lipinski definition) is 3. The number of rotatable bonds is 4. The van der Waals surface area contributed by atoms with E-state index in [0.29, 0.717) is 5.92 Å².